The number of rotatable bonds is 5. The van der Waals surface area contributed by atoms with E-state index in [1.807, 2.05) is 25.1 Å². The van der Waals surface area contributed by atoms with E-state index in [2.05, 4.69) is 38.5 Å². The highest BCUT2D eigenvalue weighted by Gasteiger charge is 2.11. The highest BCUT2D eigenvalue weighted by Crippen LogP contribution is 2.25. The molecule has 2 nitrogen and oxygen atoms in total. The fourth-order valence-electron chi connectivity index (χ4n) is 1.20. The SMILES string of the molecule is CCCOCC(O)c1cc(I)ccc1Br. The second-order valence-corrected chi connectivity index (χ2v) is 5.36. The molecule has 0 saturated carbocycles. The molecule has 0 aliphatic rings. The van der Waals surface area contributed by atoms with E-state index in [9.17, 15) is 5.11 Å². The molecule has 4 heteroatoms. The summed E-state index contributed by atoms with van der Waals surface area (Å²) in [5.41, 5.74) is 0.887. The number of benzene rings is 1. The van der Waals surface area contributed by atoms with Crippen LogP contribution in [0.5, 0.6) is 0 Å². The molecule has 15 heavy (non-hydrogen) atoms. The number of aliphatic hydroxyl groups is 1. The third-order valence-corrected chi connectivity index (χ3v) is 3.33. The van der Waals surface area contributed by atoms with Crippen molar-refractivity contribution in [2.75, 3.05) is 13.2 Å². The van der Waals surface area contributed by atoms with Gasteiger partial charge in [-0.05, 0) is 52.8 Å². The average molecular weight is 385 g/mol. The summed E-state index contributed by atoms with van der Waals surface area (Å²) >= 11 is 5.65. The third kappa shape index (κ3) is 4.38. The van der Waals surface area contributed by atoms with Gasteiger partial charge < -0.3 is 9.84 Å². The second kappa shape index (κ2) is 6.83. The molecule has 0 amide bonds. The maximum Gasteiger partial charge on any atom is 0.103 e. The number of hydrogen-bond donors (Lipinski definition) is 1. The molecule has 0 aliphatic carbocycles. The predicted molar refractivity (Wildman–Crippen MR) is 72.9 cm³/mol. The van der Waals surface area contributed by atoms with Gasteiger partial charge in [0.05, 0.1) is 6.61 Å². The smallest absolute Gasteiger partial charge is 0.103 e. The Balaban J connectivity index is 2.64. The first-order chi connectivity index (χ1) is 7.15. The largest absolute Gasteiger partial charge is 0.386 e. The first-order valence-electron chi connectivity index (χ1n) is 4.86. The van der Waals surface area contributed by atoms with E-state index in [0.717, 1.165) is 20.0 Å². The van der Waals surface area contributed by atoms with E-state index in [0.29, 0.717) is 13.2 Å². The molecule has 1 atom stereocenters. The monoisotopic (exact) mass is 384 g/mol. The molecule has 1 N–H and O–H groups in total. The fraction of sp³-hybridized carbons (Fsp3) is 0.455. The van der Waals surface area contributed by atoms with E-state index in [-0.39, 0.29) is 0 Å². The van der Waals surface area contributed by atoms with Gasteiger partial charge in [0.25, 0.3) is 0 Å². The van der Waals surface area contributed by atoms with Crippen LogP contribution in [0.4, 0.5) is 0 Å². The summed E-state index contributed by atoms with van der Waals surface area (Å²) in [5, 5.41) is 9.89. The van der Waals surface area contributed by atoms with Crippen LogP contribution < -0.4 is 0 Å². The summed E-state index contributed by atoms with van der Waals surface area (Å²) in [7, 11) is 0. The Bertz CT molecular complexity index is 317. The highest BCUT2D eigenvalue weighted by atomic mass is 127. The standard InChI is InChI=1S/C11H14BrIO2/c1-2-5-15-7-11(14)9-6-8(13)3-4-10(9)12/h3-4,6,11,14H,2,5,7H2,1H3. The predicted octanol–water partition coefficient (Wildman–Crippen LogP) is 3.51. The molecule has 0 aromatic heterocycles. The van der Waals surface area contributed by atoms with Crippen molar-refractivity contribution in [3.8, 4) is 0 Å². The Hall–Kier alpha value is 0.350. The normalized spacial score (nSPS) is 12.8. The molecular weight excluding hydrogens is 371 g/mol. The van der Waals surface area contributed by atoms with Crippen LogP contribution in [-0.4, -0.2) is 18.3 Å². The van der Waals surface area contributed by atoms with Gasteiger partial charge in [-0.25, -0.2) is 0 Å². The number of hydrogen-bond acceptors (Lipinski definition) is 2. The molecule has 84 valence electrons. The van der Waals surface area contributed by atoms with Crippen LogP contribution in [-0.2, 0) is 4.74 Å². The Labute approximate surface area is 112 Å². The minimum atomic E-state index is -0.555. The first kappa shape index (κ1) is 13.4. The summed E-state index contributed by atoms with van der Waals surface area (Å²) in [6.45, 7) is 3.10. The van der Waals surface area contributed by atoms with Crippen LogP contribution in [0.15, 0.2) is 22.7 Å². The van der Waals surface area contributed by atoms with Gasteiger partial charge in [-0.15, -0.1) is 0 Å². The lowest BCUT2D eigenvalue weighted by molar-refractivity contribution is 0.0360. The molecule has 0 heterocycles. The molecule has 1 aromatic rings. The summed E-state index contributed by atoms with van der Waals surface area (Å²) in [5.74, 6) is 0. The van der Waals surface area contributed by atoms with Crippen molar-refractivity contribution >= 4 is 38.5 Å². The van der Waals surface area contributed by atoms with Crippen LogP contribution in [0.3, 0.4) is 0 Å². The lowest BCUT2D eigenvalue weighted by Crippen LogP contribution is -2.08. The quantitative estimate of drug-likeness (QED) is 0.621. The van der Waals surface area contributed by atoms with E-state index < -0.39 is 6.10 Å². The Morgan fingerprint density at radius 3 is 2.93 bits per heavy atom. The molecule has 0 radical (unpaired) electrons. The van der Waals surface area contributed by atoms with E-state index >= 15 is 0 Å². The molecule has 1 rings (SSSR count). The zero-order chi connectivity index (χ0) is 11.3. The van der Waals surface area contributed by atoms with Crippen LogP contribution in [0, 0.1) is 3.57 Å². The number of ether oxygens (including phenoxy) is 1. The van der Waals surface area contributed by atoms with Crippen molar-refractivity contribution in [2.45, 2.75) is 19.4 Å². The van der Waals surface area contributed by atoms with Gasteiger partial charge in [-0.2, -0.15) is 0 Å². The van der Waals surface area contributed by atoms with Crippen molar-refractivity contribution in [2.24, 2.45) is 0 Å². The van der Waals surface area contributed by atoms with Gasteiger partial charge in [-0.3, -0.25) is 0 Å². The molecular formula is C11H14BrIO2. The van der Waals surface area contributed by atoms with Crippen molar-refractivity contribution in [3.05, 3.63) is 31.8 Å². The Morgan fingerprint density at radius 1 is 1.53 bits per heavy atom. The lowest BCUT2D eigenvalue weighted by Gasteiger charge is -2.13. The topological polar surface area (TPSA) is 29.5 Å². The van der Waals surface area contributed by atoms with Crippen LogP contribution in [0.2, 0.25) is 0 Å². The lowest BCUT2D eigenvalue weighted by atomic mass is 10.1. The molecule has 0 bridgehead atoms. The van der Waals surface area contributed by atoms with Crippen LogP contribution in [0.25, 0.3) is 0 Å². The zero-order valence-corrected chi connectivity index (χ0v) is 12.3. The van der Waals surface area contributed by atoms with Crippen LogP contribution in [0.1, 0.15) is 25.0 Å². The van der Waals surface area contributed by atoms with Gasteiger partial charge >= 0.3 is 0 Å². The van der Waals surface area contributed by atoms with Gasteiger partial charge in [0.2, 0.25) is 0 Å². The summed E-state index contributed by atoms with van der Waals surface area (Å²) < 4.78 is 7.36. The van der Waals surface area contributed by atoms with E-state index in [4.69, 9.17) is 4.74 Å². The second-order valence-electron chi connectivity index (χ2n) is 3.26. The first-order valence-corrected chi connectivity index (χ1v) is 6.73. The van der Waals surface area contributed by atoms with Gasteiger partial charge in [0.15, 0.2) is 0 Å². The molecule has 0 saturated heterocycles. The number of halogens is 2. The fourth-order valence-corrected chi connectivity index (χ4v) is 2.23. The summed E-state index contributed by atoms with van der Waals surface area (Å²) in [6, 6.07) is 5.90. The Kier molecular flexibility index (Phi) is 6.11. The zero-order valence-electron chi connectivity index (χ0n) is 8.54. The summed E-state index contributed by atoms with van der Waals surface area (Å²) in [4.78, 5) is 0. The van der Waals surface area contributed by atoms with Gasteiger partial charge in [-0.1, -0.05) is 22.9 Å². The summed E-state index contributed by atoms with van der Waals surface area (Å²) in [6.07, 6.45) is 0.417. The molecule has 1 aromatic carbocycles. The minimum absolute atomic E-state index is 0.354. The van der Waals surface area contributed by atoms with Crippen molar-refractivity contribution in [3.63, 3.8) is 0 Å². The van der Waals surface area contributed by atoms with Crippen molar-refractivity contribution in [1.82, 2.24) is 0 Å². The maximum absolute atomic E-state index is 9.89. The molecule has 0 fully saturated rings. The molecule has 1 unspecified atom stereocenters. The van der Waals surface area contributed by atoms with E-state index in [1.165, 1.54) is 0 Å². The maximum atomic E-state index is 9.89. The highest BCUT2D eigenvalue weighted by molar-refractivity contribution is 14.1. The number of aliphatic hydroxyl groups excluding tert-OH is 1. The van der Waals surface area contributed by atoms with Gasteiger partial charge in [0.1, 0.15) is 6.10 Å². The Morgan fingerprint density at radius 2 is 2.27 bits per heavy atom. The average Bonchev–Trinajstić information content (AvgIpc) is 2.22. The van der Waals surface area contributed by atoms with Crippen molar-refractivity contribution in [1.29, 1.82) is 0 Å². The van der Waals surface area contributed by atoms with E-state index in [1.54, 1.807) is 0 Å². The minimum Gasteiger partial charge on any atom is -0.386 e. The third-order valence-electron chi connectivity index (χ3n) is 1.94. The van der Waals surface area contributed by atoms with Gasteiger partial charge in [0, 0.05) is 14.6 Å². The molecule has 0 aliphatic heterocycles. The van der Waals surface area contributed by atoms with Crippen molar-refractivity contribution < 1.29 is 9.84 Å². The van der Waals surface area contributed by atoms with Crippen LogP contribution >= 0.6 is 38.5 Å². The molecule has 0 spiro atoms.